The predicted octanol–water partition coefficient (Wildman–Crippen LogP) is 4.74. The van der Waals surface area contributed by atoms with Gasteiger partial charge in [-0.15, -0.1) is 0 Å². The maximum absolute atomic E-state index is 12.2. The van der Waals surface area contributed by atoms with E-state index in [-0.39, 0.29) is 12.5 Å². The molecule has 2 heterocycles. The summed E-state index contributed by atoms with van der Waals surface area (Å²) in [6.45, 7) is 5.59. The van der Waals surface area contributed by atoms with E-state index in [9.17, 15) is 9.59 Å². The maximum atomic E-state index is 12.2. The molecule has 3 aromatic rings. The normalized spacial score (nSPS) is 13.1. The van der Waals surface area contributed by atoms with Crippen LogP contribution in [0, 0.1) is 0 Å². The smallest absolute Gasteiger partial charge is 0.412 e. The molecule has 1 aliphatic rings. The SMILES string of the molecule is CC(C)(C)OC(=O)Nc1ccc(Oc2ccnc3c2NC(=O)CN3)c2ccccc12. The van der Waals surface area contributed by atoms with Gasteiger partial charge in [0, 0.05) is 23.0 Å². The van der Waals surface area contributed by atoms with Crippen LogP contribution in [0.2, 0.25) is 0 Å². The molecular formula is C22H22N4O4. The minimum Gasteiger partial charge on any atom is -0.454 e. The Labute approximate surface area is 173 Å². The summed E-state index contributed by atoms with van der Waals surface area (Å²) in [6, 6.07) is 12.8. The van der Waals surface area contributed by atoms with Crippen LogP contribution in [-0.4, -0.2) is 29.1 Å². The molecule has 0 spiro atoms. The fraction of sp³-hybridized carbons (Fsp3) is 0.227. The number of pyridine rings is 1. The molecule has 30 heavy (non-hydrogen) atoms. The Hall–Kier alpha value is -3.81. The van der Waals surface area contributed by atoms with Crippen molar-refractivity contribution in [2.24, 2.45) is 0 Å². The lowest BCUT2D eigenvalue weighted by atomic mass is 10.1. The highest BCUT2D eigenvalue weighted by Crippen LogP contribution is 2.39. The number of benzene rings is 2. The van der Waals surface area contributed by atoms with Crippen LogP contribution in [-0.2, 0) is 9.53 Å². The number of rotatable bonds is 3. The van der Waals surface area contributed by atoms with E-state index in [2.05, 4.69) is 20.9 Å². The standard InChI is InChI=1S/C22H22N4O4/c1-22(2,3)30-21(28)25-15-8-9-16(14-7-5-4-6-13(14)15)29-17-10-11-23-20-19(17)26-18(27)12-24-20/h4-11H,12H2,1-3H3,(H,23,24)(H,25,28)(H,26,27). The summed E-state index contributed by atoms with van der Waals surface area (Å²) in [7, 11) is 0. The average molecular weight is 406 g/mol. The van der Waals surface area contributed by atoms with Gasteiger partial charge in [0.1, 0.15) is 17.0 Å². The maximum Gasteiger partial charge on any atom is 0.412 e. The second kappa shape index (κ2) is 7.55. The Bertz CT molecular complexity index is 1140. The lowest BCUT2D eigenvalue weighted by molar-refractivity contribution is -0.114. The Balaban J connectivity index is 1.68. The largest absolute Gasteiger partial charge is 0.454 e. The van der Waals surface area contributed by atoms with E-state index in [0.717, 1.165) is 10.8 Å². The molecule has 3 N–H and O–H groups in total. The lowest BCUT2D eigenvalue weighted by Crippen LogP contribution is -2.28. The summed E-state index contributed by atoms with van der Waals surface area (Å²) in [4.78, 5) is 28.2. The number of ether oxygens (including phenoxy) is 2. The number of hydrogen-bond acceptors (Lipinski definition) is 6. The molecule has 0 unspecified atom stereocenters. The van der Waals surface area contributed by atoms with Gasteiger partial charge in [-0.2, -0.15) is 0 Å². The van der Waals surface area contributed by atoms with Crippen LogP contribution in [0.15, 0.2) is 48.7 Å². The summed E-state index contributed by atoms with van der Waals surface area (Å²) in [6.07, 6.45) is 1.08. The molecule has 0 saturated heterocycles. The summed E-state index contributed by atoms with van der Waals surface area (Å²) < 4.78 is 11.5. The van der Waals surface area contributed by atoms with Gasteiger partial charge in [0.2, 0.25) is 5.91 Å². The molecule has 8 nitrogen and oxygen atoms in total. The number of nitrogens with zero attached hydrogens (tertiary/aromatic N) is 1. The molecule has 2 aromatic carbocycles. The highest BCUT2D eigenvalue weighted by Gasteiger charge is 2.21. The van der Waals surface area contributed by atoms with Crippen molar-refractivity contribution in [1.29, 1.82) is 0 Å². The van der Waals surface area contributed by atoms with Crippen LogP contribution in [0.5, 0.6) is 11.5 Å². The molecule has 8 heteroatoms. The van der Waals surface area contributed by atoms with Crippen molar-refractivity contribution >= 4 is 40.0 Å². The van der Waals surface area contributed by atoms with Gasteiger partial charge in [-0.25, -0.2) is 9.78 Å². The van der Waals surface area contributed by atoms with Crippen molar-refractivity contribution in [3.8, 4) is 11.5 Å². The first-order chi connectivity index (χ1) is 14.3. The van der Waals surface area contributed by atoms with Gasteiger partial charge in [0.15, 0.2) is 11.6 Å². The van der Waals surface area contributed by atoms with Crippen molar-refractivity contribution in [3.05, 3.63) is 48.7 Å². The van der Waals surface area contributed by atoms with Crippen LogP contribution in [0.1, 0.15) is 20.8 Å². The van der Waals surface area contributed by atoms with E-state index in [0.29, 0.717) is 28.7 Å². The van der Waals surface area contributed by atoms with Crippen molar-refractivity contribution < 1.29 is 19.1 Å². The van der Waals surface area contributed by atoms with E-state index < -0.39 is 11.7 Å². The zero-order chi connectivity index (χ0) is 21.3. The Morgan fingerprint density at radius 3 is 2.60 bits per heavy atom. The van der Waals surface area contributed by atoms with Gasteiger partial charge in [-0.1, -0.05) is 24.3 Å². The molecule has 0 fully saturated rings. The molecule has 0 atom stereocenters. The topological polar surface area (TPSA) is 102 Å². The number of carbonyl (C=O) groups is 2. The first kappa shape index (κ1) is 19.5. The van der Waals surface area contributed by atoms with E-state index in [4.69, 9.17) is 9.47 Å². The Morgan fingerprint density at radius 1 is 1.07 bits per heavy atom. The number of anilines is 3. The number of carbonyl (C=O) groups excluding carboxylic acids is 2. The van der Waals surface area contributed by atoms with Crippen LogP contribution < -0.4 is 20.7 Å². The summed E-state index contributed by atoms with van der Waals surface area (Å²) in [5.41, 5.74) is 0.509. The van der Waals surface area contributed by atoms with Crippen molar-refractivity contribution in [1.82, 2.24) is 4.98 Å². The first-order valence-electron chi connectivity index (χ1n) is 9.52. The molecule has 2 amide bonds. The third-order valence-electron chi connectivity index (χ3n) is 4.33. The van der Waals surface area contributed by atoms with Gasteiger partial charge in [-0.3, -0.25) is 10.1 Å². The van der Waals surface area contributed by atoms with E-state index >= 15 is 0 Å². The number of amides is 2. The third-order valence-corrected chi connectivity index (χ3v) is 4.33. The molecule has 0 saturated carbocycles. The van der Waals surface area contributed by atoms with Crippen LogP contribution in [0.4, 0.5) is 22.0 Å². The number of fused-ring (bicyclic) bond motifs is 2. The van der Waals surface area contributed by atoms with Crippen LogP contribution >= 0.6 is 0 Å². The third kappa shape index (κ3) is 4.12. The minimum atomic E-state index is -0.595. The molecular weight excluding hydrogens is 384 g/mol. The van der Waals surface area contributed by atoms with E-state index in [1.165, 1.54) is 0 Å². The van der Waals surface area contributed by atoms with Gasteiger partial charge < -0.3 is 20.1 Å². The lowest BCUT2D eigenvalue weighted by Gasteiger charge is -2.21. The number of aromatic nitrogens is 1. The number of nitrogens with one attached hydrogen (secondary N) is 3. The van der Waals surface area contributed by atoms with Crippen molar-refractivity contribution in [2.75, 3.05) is 22.5 Å². The zero-order valence-corrected chi connectivity index (χ0v) is 16.9. The molecule has 0 aliphatic carbocycles. The Morgan fingerprint density at radius 2 is 1.83 bits per heavy atom. The van der Waals surface area contributed by atoms with Crippen LogP contribution in [0.3, 0.4) is 0 Å². The monoisotopic (exact) mass is 406 g/mol. The first-order valence-corrected chi connectivity index (χ1v) is 9.52. The van der Waals surface area contributed by atoms with Crippen LogP contribution in [0.25, 0.3) is 10.8 Å². The fourth-order valence-corrected chi connectivity index (χ4v) is 3.13. The van der Waals surface area contributed by atoms with E-state index in [1.54, 1.807) is 24.4 Å². The minimum absolute atomic E-state index is 0.164. The molecule has 4 rings (SSSR count). The van der Waals surface area contributed by atoms with Crippen molar-refractivity contribution in [2.45, 2.75) is 26.4 Å². The number of hydrogen-bond donors (Lipinski definition) is 3. The highest BCUT2D eigenvalue weighted by atomic mass is 16.6. The summed E-state index contributed by atoms with van der Waals surface area (Å²) in [5.74, 6) is 1.44. The average Bonchev–Trinajstić information content (AvgIpc) is 2.69. The van der Waals surface area contributed by atoms with Crippen molar-refractivity contribution in [3.63, 3.8) is 0 Å². The van der Waals surface area contributed by atoms with Gasteiger partial charge in [-0.05, 0) is 32.9 Å². The van der Waals surface area contributed by atoms with Gasteiger partial charge in [0.05, 0.1) is 12.2 Å². The Kier molecular flexibility index (Phi) is 4.91. The second-order valence-corrected chi connectivity index (χ2v) is 7.82. The second-order valence-electron chi connectivity index (χ2n) is 7.82. The van der Waals surface area contributed by atoms with Gasteiger partial charge >= 0.3 is 6.09 Å². The molecule has 154 valence electrons. The molecule has 0 bridgehead atoms. The van der Waals surface area contributed by atoms with Gasteiger partial charge in [0.25, 0.3) is 0 Å². The highest BCUT2D eigenvalue weighted by molar-refractivity contribution is 6.04. The predicted molar refractivity (Wildman–Crippen MR) is 115 cm³/mol. The molecule has 1 aliphatic heterocycles. The molecule has 1 aromatic heterocycles. The zero-order valence-electron chi connectivity index (χ0n) is 16.9. The van der Waals surface area contributed by atoms with E-state index in [1.807, 2.05) is 45.0 Å². The molecule has 0 radical (unpaired) electrons. The quantitative estimate of drug-likeness (QED) is 0.581. The summed E-state index contributed by atoms with van der Waals surface area (Å²) >= 11 is 0. The summed E-state index contributed by atoms with van der Waals surface area (Å²) in [5, 5.41) is 10.1. The fourth-order valence-electron chi connectivity index (χ4n) is 3.13.